The number of hydrogen-bond donors (Lipinski definition) is 1. The molecule has 2 rings (SSSR count). The smallest absolute Gasteiger partial charge is 0.283 e. The fourth-order valence-corrected chi connectivity index (χ4v) is 2.50. The van der Waals surface area contributed by atoms with Gasteiger partial charge < -0.3 is 5.32 Å². The molecular weight excluding hydrogens is 363 g/mol. The minimum absolute atomic E-state index is 0.0346. The highest BCUT2D eigenvalue weighted by Crippen LogP contribution is 2.25. The molecule has 0 atom stereocenters. The number of anilines is 1. The number of nitrogens with one attached hydrogen (secondary N) is 1. The molecule has 0 radical (unpaired) electrons. The molecule has 0 amide bonds. The molecule has 0 saturated carbocycles. The van der Waals surface area contributed by atoms with E-state index in [0.29, 0.717) is 4.47 Å². The van der Waals surface area contributed by atoms with E-state index in [0.717, 1.165) is 11.5 Å². The quantitative estimate of drug-likeness (QED) is 0.826. The molecule has 1 aromatic carbocycles. The molecule has 1 aromatic heterocycles. The third kappa shape index (κ3) is 3.28. The number of thiocarbonyl (C=S) groups is 1. The summed E-state index contributed by atoms with van der Waals surface area (Å²) in [6, 6.07) is 4.29. The Bertz CT molecular complexity index is 618. The van der Waals surface area contributed by atoms with E-state index in [1.54, 1.807) is 6.07 Å². The van der Waals surface area contributed by atoms with E-state index in [4.69, 9.17) is 12.2 Å². The molecule has 0 bridgehead atoms. The third-order valence-corrected chi connectivity index (χ3v) is 3.79. The molecule has 3 nitrogen and oxygen atoms in total. The van der Waals surface area contributed by atoms with Crippen LogP contribution in [0.3, 0.4) is 0 Å². The Morgan fingerprint density at radius 2 is 2.16 bits per heavy atom. The van der Waals surface area contributed by atoms with Crippen molar-refractivity contribution in [2.75, 3.05) is 5.32 Å². The molecule has 0 fully saturated rings. The molecule has 0 aliphatic carbocycles. The van der Waals surface area contributed by atoms with Crippen molar-refractivity contribution in [2.45, 2.75) is 6.43 Å². The van der Waals surface area contributed by atoms with Crippen molar-refractivity contribution in [3.63, 3.8) is 0 Å². The number of halogens is 4. The van der Waals surface area contributed by atoms with Gasteiger partial charge in [-0.2, -0.15) is 0 Å². The van der Waals surface area contributed by atoms with Crippen molar-refractivity contribution in [1.82, 2.24) is 9.59 Å². The van der Waals surface area contributed by atoms with Crippen LogP contribution in [0.5, 0.6) is 0 Å². The SMILES string of the molecule is Fc1cc(Br)ccc1NC(=S)c1snnc1C(F)F. The first-order chi connectivity index (χ1) is 8.99. The van der Waals surface area contributed by atoms with Gasteiger partial charge in [0.1, 0.15) is 15.7 Å². The summed E-state index contributed by atoms with van der Waals surface area (Å²) < 4.78 is 42.8. The number of nitrogens with zero attached hydrogens (tertiary/aromatic N) is 2. The highest BCUT2D eigenvalue weighted by molar-refractivity contribution is 9.10. The number of rotatable bonds is 3. The van der Waals surface area contributed by atoms with Crippen molar-refractivity contribution in [2.24, 2.45) is 0 Å². The largest absolute Gasteiger partial charge is 0.343 e. The average molecular weight is 368 g/mol. The second-order valence-corrected chi connectivity index (χ2v) is 5.44. The molecule has 1 heterocycles. The van der Waals surface area contributed by atoms with Crippen LogP contribution in [-0.2, 0) is 0 Å². The van der Waals surface area contributed by atoms with Crippen molar-refractivity contribution in [1.29, 1.82) is 0 Å². The molecule has 0 spiro atoms. The van der Waals surface area contributed by atoms with E-state index >= 15 is 0 Å². The van der Waals surface area contributed by atoms with Gasteiger partial charge in [-0.25, -0.2) is 13.2 Å². The number of aromatic nitrogens is 2. The second-order valence-electron chi connectivity index (χ2n) is 3.37. The summed E-state index contributed by atoms with van der Waals surface area (Å²) in [6.07, 6.45) is -2.77. The van der Waals surface area contributed by atoms with E-state index in [-0.39, 0.29) is 15.6 Å². The Morgan fingerprint density at radius 3 is 2.79 bits per heavy atom. The maximum Gasteiger partial charge on any atom is 0.283 e. The summed E-state index contributed by atoms with van der Waals surface area (Å²) in [4.78, 5) is -0.00107. The Morgan fingerprint density at radius 1 is 1.42 bits per heavy atom. The normalized spacial score (nSPS) is 10.8. The van der Waals surface area contributed by atoms with Crippen LogP contribution in [0.2, 0.25) is 0 Å². The Hall–Kier alpha value is -1.06. The first-order valence-electron chi connectivity index (χ1n) is 4.86. The lowest BCUT2D eigenvalue weighted by Crippen LogP contribution is -2.12. The summed E-state index contributed by atoms with van der Waals surface area (Å²) in [5.74, 6) is -0.548. The van der Waals surface area contributed by atoms with Crippen LogP contribution in [-0.4, -0.2) is 14.6 Å². The molecule has 2 aromatic rings. The van der Waals surface area contributed by atoms with Crippen LogP contribution in [0.25, 0.3) is 0 Å². The van der Waals surface area contributed by atoms with Crippen LogP contribution in [0.4, 0.5) is 18.9 Å². The molecule has 0 saturated heterocycles. The summed E-state index contributed by atoms with van der Waals surface area (Å²) in [6.45, 7) is 0. The van der Waals surface area contributed by atoms with Crippen LogP contribution in [0, 0.1) is 5.82 Å². The van der Waals surface area contributed by atoms with E-state index in [1.807, 2.05) is 0 Å². The van der Waals surface area contributed by atoms with Gasteiger partial charge >= 0.3 is 0 Å². The van der Waals surface area contributed by atoms with E-state index < -0.39 is 17.9 Å². The van der Waals surface area contributed by atoms with Crippen molar-refractivity contribution in [3.05, 3.63) is 39.1 Å². The van der Waals surface area contributed by atoms with Crippen molar-refractivity contribution in [3.8, 4) is 0 Å². The van der Waals surface area contributed by atoms with Gasteiger partial charge in [0.15, 0.2) is 5.69 Å². The number of alkyl halides is 2. The van der Waals surface area contributed by atoms with Crippen LogP contribution >= 0.6 is 39.7 Å². The van der Waals surface area contributed by atoms with Gasteiger partial charge in [-0.1, -0.05) is 32.6 Å². The summed E-state index contributed by atoms with van der Waals surface area (Å²) in [5.41, 5.74) is -0.401. The molecule has 19 heavy (non-hydrogen) atoms. The second kappa shape index (κ2) is 5.93. The molecule has 9 heteroatoms. The standard InChI is InChI=1S/C10H5BrF3N3S2/c11-4-1-2-6(5(12)3-4)15-10(18)8-7(9(13)14)16-17-19-8/h1-3,9H,(H,15,18). The molecule has 0 aliphatic heterocycles. The molecule has 100 valence electrons. The van der Waals surface area contributed by atoms with Crippen LogP contribution in [0.15, 0.2) is 22.7 Å². The maximum absolute atomic E-state index is 13.6. The summed E-state index contributed by atoms with van der Waals surface area (Å²) >= 11 is 8.81. The van der Waals surface area contributed by atoms with Gasteiger partial charge in [-0.3, -0.25) is 0 Å². The van der Waals surface area contributed by atoms with Gasteiger partial charge in [0.25, 0.3) is 6.43 Å². The summed E-state index contributed by atoms with van der Waals surface area (Å²) in [7, 11) is 0. The molecule has 1 N–H and O–H groups in total. The van der Waals surface area contributed by atoms with E-state index in [9.17, 15) is 13.2 Å². The van der Waals surface area contributed by atoms with Crippen molar-refractivity contribution >= 4 is 50.4 Å². The topological polar surface area (TPSA) is 37.8 Å². The Balaban J connectivity index is 2.23. The van der Waals surface area contributed by atoms with Crippen LogP contribution in [0.1, 0.15) is 17.0 Å². The van der Waals surface area contributed by atoms with Gasteiger partial charge in [0, 0.05) is 4.47 Å². The average Bonchev–Trinajstić information content (AvgIpc) is 2.82. The minimum atomic E-state index is -2.77. The third-order valence-electron chi connectivity index (χ3n) is 2.11. The van der Waals surface area contributed by atoms with Gasteiger partial charge in [-0.15, -0.1) is 5.10 Å². The first-order valence-corrected chi connectivity index (χ1v) is 6.83. The number of hydrogen-bond acceptors (Lipinski definition) is 4. The zero-order valence-corrected chi connectivity index (χ0v) is 12.3. The molecule has 0 unspecified atom stereocenters. The molecular formula is C10H5BrF3N3S2. The zero-order valence-electron chi connectivity index (χ0n) is 9.03. The number of benzene rings is 1. The van der Waals surface area contributed by atoms with Gasteiger partial charge in [0.2, 0.25) is 0 Å². The Kier molecular flexibility index (Phi) is 4.48. The predicted octanol–water partition coefficient (Wildman–Crippen LogP) is 4.16. The first kappa shape index (κ1) is 14.4. The fraction of sp³-hybridized carbons (Fsp3) is 0.100. The fourth-order valence-electron chi connectivity index (χ4n) is 1.27. The predicted molar refractivity (Wildman–Crippen MR) is 74.3 cm³/mol. The summed E-state index contributed by atoms with van der Waals surface area (Å²) in [5, 5.41) is 5.87. The van der Waals surface area contributed by atoms with Gasteiger partial charge in [0.05, 0.1) is 5.69 Å². The van der Waals surface area contributed by atoms with Crippen molar-refractivity contribution < 1.29 is 13.2 Å². The lowest BCUT2D eigenvalue weighted by atomic mass is 10.3. The highest BCUT2D eigenvalue weighted by atomic mass is 79.9. The lowest BCUT2D eigenvalue weighted by Gasteiger charge is -2.08. The Labute approximate surface area is 124 Å². The van der Waals surface area contributed by atoms with E-state index in [1.165, 1.54) is 12.1 Å². The van der Waals surface area contributed by atoms with E-state index in [2.05, 4.69) is 30.8 Å². The molecule has 0 aliphatic rings. The van der Waals surface area contributed by atoms with Crippen LogP contribution < -0.4 is 5.32 Å². The van der Waals surface area contributed by atoms with Gasteiger partial charge in [-0.05, 0) is 29.7 Å². The highest BCUT2D eigenvalue weighted by Gasteiger charge is 2.21. The maximum atomic E-state index is 13.6. The lowest BCUT2D eigenvalue weighted by molar-refractivity contribution is 0.146. The monoisotopic (exact) mass is 367 g/mol. The zero-order chi connectivity index (χ0) is 14.0. The minimum Gasteiger partial charge on any atom is -0.343 e.